The number of nitrogens with one attached hydrogen (secondary N) is 1. The van der Waals surface area contributed by atoms with E-state index in [1.807, 2.05) is 42.5 Å². The first-order chi connectivity index (χ1) is 11.3. The van der Waals surface area contributed by atoms with Gasteiger partial charge in [0.05, 0.1) is 7.11 Å². The van der Waals surface area contributed by atoms with Crippen molar-refractivity contribution >= 4 is 28.9 Å². The molecule has 0 unspecified atom stereocenters. The van der Waals surface area contributed by atoms with E-state index < -0.39 is 17.7 Å². The quantitative estimate of drug-likeness (QED) is 0.686. The van der Waals surface area contributed by atoms with E-state index in [2.05, 4.69) is 5.32 Å². The van der Waals surface area contributed by atoms with E-state index in [1.165, 1.54) is 7.11 Å². The molecule has 2 rings (SSSR count). The highest BCUT2D eigenvalue weighted by Crippen LogP contribution is 2.21. The minimum absolute atomic E-state index is 0.0168. The zero-order chi connectivity index (χ0) is 17.7. The third kappa shape index (κ3) is 4.59. The van der Waals surface area contributed by atoms with E-state index in [9.17, 15) is 9.59 Å². The molecule has 1 N–H and O–H groups in total. The highest BCUT2D eigenvalue weighted by Gasteiger charge is 2.20. The van der Waals surface area contributed by atoms with Crippen LogP contribution < -0.4 is 5.32 Å². The van der Waals surface area contributed by atoms with Crippen LogP contribution in [0.15, 0.2) is 48.2 Å². The molecular weight excluding hydrogens is 306 g/mol. The standard InChI is InChI=1S/C19H21NO4/c1-19(2,3)24-18(22)20-16(17(21)23-4)12-14-10-7-9-13-8-5-6-11-15(13)14/h5-12H,1-4H3,(H,20,22). The molecule has 0 saturated carbocycles. The Morgan fingerprint density at radius 3 is 2.38 bits per heavy atom. The molecule has 2 aromatic carbocycles. The molecule has 0 aromatic heterocycles. The summed E-state index contributed by atoms with van der Waals surface area (Å²) >= 11 is 0. The molecule has 0 radical (unpaired) electrons. The number of hydrogen-bond acceptors (Lipinski definition) is 4. The summed E-state index contributed by atoms with van der Waals surface area (Å²) in [5, 5.41) is 4.46. The normalized spacial score (nSPS) is 11.9. The van der Waals surface area contributed by atoms with Crippen molar-refractivity contribution in [1.82, 2.24) is 5.32 Å². The number of rotatable bonds is 3. The number of alkyl carbamates (subject to hydrolysis) is 1. The van der Waals surface area contributed by atoms with Gasteiger partial charge in [-0.05, 0) is 43.2 Å². The molecule has 126 valence electrons. The minimum Gasteiger partial charge on any atom is -0.464 e. The van der Waals surface area contributed by atoms with Gasteiger partial charge in [-0.3, -0.25) is 5.32 Å². The molecule has 0 bridgehead atoms. The first-order valence-electron chi connectivity index (χ1n) is 7.58. The number of carbonyl (C=O) groups excluding carboxylic acids is 2. The highest BCUT2D eigenvalue weighted by molar-refractivity contribution is 6.00. The molecule has 0 aliphatic heterocycles. The zero-order valence-corrected chi connectivity index (χ0v) is 14.3. The van der Waals surface area contributed by atoms with Gasteiger partial charge >= 0.3 is 12.1 Å². The third-order valence-corrected chi connectivity index (χ3v) is 3.16. The summed E-state index contributed by atoms with van der Waals surface area (Å²) in [4.78, 5) is 24.0. The second-order valence-electron chi connectivity index (χ2n) is 6.24. The lowest BCUT2D eigenvalue weighted by Gasteiger charge is -2.20. The predicted octanol–water partition coefficient (Wildman–Crippen LogP) is 3.88. The molecule has 0 saturated heterocycles. The van der Waals surface area contributed by atoms with Gasteiger partial charge in [-0.1, -0.05) is 42.5 Å². The predicted molar refractivity (Wildman–Crippen MR) is 93.3 cm³/mol. The lowest BCUT2D eigenvalue weighted by Crippen LogP contribution is -2.34. The maximum absolute atomic E-state index is 12.0. The number of carbonyl (C=O) groups is 2. The molecule has 0 aliphatic carbocycles. The molecule has 5 heteroatoms. The van der Waals surface area contributed by atoms with Gasteiger partial charge < -0.3 is 9.47 Å². The van der Waals surface area contributed by atoms with E-state index in [4.69, 9.17) is 9.47 Å². The highest BCUT2D eigenvalue weighted by atomic mass is 16.6. The van der Waals surface area contributed by atoms with Crippen LogP contribution >= 0.6 is 0 Å². The van der Waals surface area contributed by atoms with Gasteiger partial charge in [-0.2, -0.15) is 0 Å². The number of ether oxygens (including phenoxy) is 2. The molecule has 0 fully saturated rings. The van der Waals surface area contributed by atoms with Crippen molar-refractivity contribution in [1.29, 1.82) is 0 Å². The zero-order valence-electron chi connectivity index (χ0n) is 14.3. The summed E-state index contributed by atoms with van der Waals surface area (Å²) < 4.78 is 9.94. The molecule has 0 spiro atoms. The van der Waals surface area contributed by atoms with Crippen molar-refractivity contribution < 1.29 is 19.1 Å². The first-order valence-corrected chi connectivity index (χ1v) is 7.58. The van der Waals surface area contributed by atoms with Crippen molar-refractivity contribution in [2.45, 2.75) is 26.4 Å². The lowest BCUT2D eigenvalue weighted by atomic mass is 10.0. The Hall–Kier alpha value is -2.82. The van der Waals surface area contributed by atoms with Gasteiger partial charge in [-0.15, -0.1) is 0 Å². The Kier molecular flexibility index (Phi) is 5.24. The van der Waals surface area contributed by atoms with Crippen molar-refractivity contribution in [3.8, 4) is 0 Å². The number of amides is 1. The molecule has 24 heavy (non-hydrogen) atoms. The Bertz CT molecular complexity index is 782. The Morgan fingerprint density at radius 1 is 1.04 bits per heavy atom. The van der Waals surface area contributed by atoms with Crippen LogP contribution in [0.4, 0.5) is 4.79 Å². The van der Waals surface area contributed by atoms with Gasteiger partial charge in [0.25, 0.3) is 0 Å². The average molecular weight is 327 g/mol. The Labute approximate surface area is 141 Å². The van der Waals surface area contributed by atoms with E-state index in [0.717, 1.165) is 16.3 Å². The molecule has 0 heterocycles. The molecule has 1 amide bonds. The van der Waals surface area contributed by atoms with Crippen molar-refractivity contribution in [2.24, 2.45) is 0 Å². The molecule has 2 aromatic rings. The maximum atomic E-state index is 12.0. The van der Waals surface area contributed by atoms with Crippen molar-refractivity contribution in [2.75, 3.05) is 7.11 Å². The van der Waals surface area contributed by atoms with E-state index in [0.29, 0.717) is 0 Å². The fourth-order valence-electron chi connectivity index (χ4n) is 2.20. The molecule has 5 nitrogen and oxygen atoms in total. The summed E-state index contributed by atoms with van der Waals surface area (Å²) in [6.07, 6.45) is 0.873. The number of fused-ring (bicyclic) bond motifs is 1. The second-order valence-corrected chi connectivity index (χ2v) is 6.24. The molecular formula is C19H21NO4. The lowest BCUT2D eigenvalue weighted by molar-refractivity contribution is -0.136. The topological polar surface area (TPSA) is 64.6 Å². The molecule has 0 atom stereocenters. The van der Waals surface area contributed by atoms with Crippen LogP contribution in [0.5, 0.6) is 0 Å². The largest absolute Gasteiger partial charge is 0.464 e. The van der Waals surface area contributed by atoms with Gasteiger partial charge in [0.2, 0.25) is 0 Å². The number of methoxy groups -OCH3 is 1. The van der Waals surface area contributed by atoms with Crippen LogP contribution in [0.3, 0.4) is 0 Å². The first kappa shape index (κ1) is 17.5. The van der Waals surface area contributed by atoms with Gasteiger partial charge in [0.1, 0.15) is 11.3 Å². The number of hydrogen-bond donors (Lipinski definition) is 1. The monoisotopic (exact) mass is 327 g/mol. The van der Waals surface area contributed by atoms with Gasteiger partial charge in [0.15, 0.2) is 0 Å². The summed E-state index contributed by atoms with van der Waals surface area (Å²) in [5.74, 6) is -0.645. The van der Waals surface area contributed by atoms with Crippen LogP contribution in [0, 0.1) is 0 Å². The number of benzene rings is 2. The fourth-order valence-corrected chi connectivity index (χ4v) is 2.20. The smallest absolute Gasteiger partial charge is 0.412 e. The van der Waals surface area contributed by atoms with Crippen molar-refractivity contribution in [3.05, 3.63) is 53.7 Å². The second kappa shape index (κ2) is 7.17. The van der Waals surface area contributed by atoms with Crippen LogP contribution in [-0.4, -0.2) is 24.8 Å². The summed E-state index contributed by atoms with van der Waals surface area (Å²) in [7, 11) is 1.26. The van der Waals surface area contributed by atoms with E-state index >= 15 is 0 Å². The average Bonchev–Trinajstić information content (AvgIpc) is 2.52. The molecule has 0 aliphatic rings. The maximum Gasteiger partial charge on any atom is 0.412 e. The van der Waals surface area contributed by atoms with Crippen LogP contribution in [0.1, 0.15) is 26.3 Å². The van der Waals surface area contributed by atoms with Crippen LogP contribution in [0.25, 0.3) is 16.8 Å². The van der Waals surface area contributed by atoms with Gasteiger partial charge in [-0.25, -0.2) is 9.59 Å². The van der Waals surface area contributed by atoms with E-state index in [1.54, 1.807) is 26.8 Å². The fraction of sp³-hybridized carbons (Fsp3) is 0.263. The Morgan fingerprint density at radius 2 is 1.71 bits per heavy atom. The van der Waals surface area contributed by atoms with Crippen LogP contribution in [-0.2, 0) is 14.3 Å². The minimum atomic E-state index is -0.709. The van der Waals surface area contributed by atoms with Crippen molar-refractivity contribution in [3.63, 3.8) is 0 Å². The summed E-state index contributed by atoms with van der Waals surface area (Å²) in [6.45, 7) is 5.25. The third-order valence-electron chi connectivity index (χ3n) is 3.16. The summed E-state index contributed by atoms with van der Waals surface area (Å²) in [6, 6.07) is 13.5. The van der Waals surface area contributed by atoms with E-state index in [-0.39, 0.29) is 5.70 Å². The summed E-state index contributed by atoms with van der Waals surface area (Å²) in [5.41, 5.74) is 0.151. The SMILES string of the molecule is COC(=O)C(=Cc1cccc2ccccc12)NC(=O)OC(C)(C)C. The van der Waals surface area contributed by atoms with Gasteiger partial charge in [0, 0.05) is 0 Å². The number of esters is 1. The Balaban J connectivity index is 2.38. The van der Waals surface area contributed by atoms with Crippen LogP contribution in [0.2, 0.25) is 0 Å².